The van der Waals surface area contributed by atoms with Crippen LogP contribution in [0, 0.1) is 0 Å². The van der Waals surface area contributed by atoms with E-state index in [1.165, 1.54) is 0 Å². The minimum atomic E-state index is -5.20. The van der Waals surface area contributed by atoms with Crippen LogP contribution in [-0.2, 0) is 47.2 Å². The van der Waals surface area contributed by atoms with Crippen molar-refractivity contribution in [3.8, 4) is 0 Å². The molecule has 0 saturated carbocycles. The number of benzene rings is 2. The molecule has 0 aliphatic carbocycles. The average Bonchev–Trinajstić information content (AvgIpc) is 2.81. The molecule has 13 heteroatoms. The Balaban J connectivity index is 1.86. The van der Waals surface area contributed by atoms with Crippen molar-refractivity contribution in [1.29, 1.82) is 0 Å². The zero-order valence-corrected chi connectivity index (χ0v) is 19.3. The Labute approximate surface area is 200 Å². The van der Waals surface area contributed by atoms with Crippen LogP contribution in [0.4, 0.5) is 4.79 Å². The van der Waals surface area contributed by atoms with Crippen molar-refractivity contribution in [3.63, 3.8) is 0 Å². The molecule has 2 aromatic rings. The fourth-order valence-corrected chi connectivity index (χ4v) is 4.33. The molecular weight excluding hydrogens is 482 g/mol. The summed E-state index contributed by atoms with van der Waals surface area (Å²) >= 11 is 0. The number of Topliss-reactive ketones (excluding diaryl/α,β-unsaturated/α-hetero) is 1. The highest BCUT2D eigenvalue weighted by atomic mass is 32.2. The minimum absolute atomic E-state index is 0.113. The summed E-state index contributed by atoms with van der Waals surface area (Å²) in [6, 6.07) is 15.6. The quantitative estimate of drug-likeness (QED) is 0.186. The van der Waals surface area contributed by atoms with E-state index in [0.717, 1.165) is 6.92 Å². The maximum Gasteiger partial charge on any atom is 0.408 e. The van der Waals surface area contributed by atoms with Crippen LogP contribution in [0.15, 0.2) is 60.7 Å². The number of nitrogens with one attached hydrogen (secondary N) is 1. The second-order valence-electron chi connectivity index (χ2n) is 7.72. The van der Waals surface area contributed by atoms with Gasteiger partial charge in [0.25, 0.3) is 5.91 Å². The number of nitrogens with zero attached hydrogens (tertiary/aromatic N) is 1. The predicted molar refractivity (Wildman–Crippen MR) is 120 cm³/mol. The van der Waals surface area contributed by atoms with Crippen LogP contribution in [0.25, 0.3) is 0 Å². The van der Waals surface area contributed by atoms with Crippen LogP contribution >= 0.6 is 0 Å². The molecule has 3 atom stereocenters. The lowest BCUT2D eigenvalue weighted by Crippen LogP contribution is -2.84. The van der Waals surface area contributed by atoms with Gasteiger partial charge in [0.2, 0.25) is 11.8 Å². The molecule has 0 radical (unpaired) electrons. The van der Waals surface area contributed by atoms with Gasteiger partial charge in [-0.1, -0.05) is 60.7 Å². The SMILES string of the molecule is CC(=O)O[C@@H]1N(S(=O)(=O)O)C(=O)[C@]1(N)C(=O)[C@H](Cc1ccccc1)NC(=O)OCc1ccccc1. The van der Waals surface area contributed by atoms with Crippen LogP contribution in [0.1, 0.15) is 18.1 Å². The Kier molecular flexibility index (Phi) is 7.53. The van der Waals surface area contributed by atoms with Crippen molar-refractivity contribution in [2.45, 2.75) is 37.8 Å². The molecule has 12 nitrogen and oxygen atoms in total. The van der Waals surface area contributed by atoms with E-state index in [1.54, 1.807) is 60.7 Å². The summed E-state index contributed by atoms with van der Waals surface area (Å²) in [5.41, 5.74) is 4.54. The molecule has 0 spiro atoms. The van der Waals surface area contributed by atoms with E-state index in [4.69, 9.17) is 15.2 Å². The highest BCUT2D eigenvalue weighted by molar-refractivity contribution is 7.84. The Morgan fingerprint density at radius 2 is 1.63 bits per heavy atom. The van der Waals surface area contributed by atoms with Crippen molar-refractivity contribution < 1.29 is 41.6 Å². The van der Waals surface area contributed by atoms with Crippen LogP contribution in [-0.4, -0.2) is 58.8 Å². The molecule has 3 rings (SSSR count). The molecule has 1 aliphatic rings. The van der Waals surface area contributed by atoms with Crippen molar-refractivity contribution in [3.05, 3.63) is 71.8 Å². The number of nitrogens with two attached hydrogens (primary N) is 1. The van der Waals surface area contributed by atoms with E-state index in [1.807, 2.05) is 0 Å². The fraction of sp³-hybridized carbons (Fsp3) is 0.273. The lowest BCUT2D eigenvalue weighted by molar-refractivity contribution is -0.189. The molecule has 1 heterocycles. The smallest absolute Gasteiger partial charge is 0.408 e. The van der Waals surface area contributed by atoms with Gasteiger partial charge < -0.3 is 20.5 Å². The summed E-state index contributed by atoms with van der Waals surface area (Å²) in [5, 5.41) is 2.34. The number of β-lactam (4-membered cyclic amide) rings is 1. The number of carbonyl (C=O) groups is 4. The Hall–Kier alpha value is -3.81. The molecular formula is C22H23N3O9S. The maximum absolute atomic E-state index is 13.4. The lowest BCUT2D eigenvalue weighted by Gasteiger charge is -2.49. The van der Waals surface area contributed by atoms with E-state index in [-0.39, 0.29) is 17.3 Å². The Morgan fingerprint density at radius 3 is 2.14 bits per heavy atom. The van der Waals surface area contributed by atoms with Gasteiger partial charge in [0.15, 0.2) is 5.78 Å². The molecule has 1 aliphatic heterocycles. The van der Waals surface area contributed by atoms with Crippen LogP contribution < -0.4 is 11.1 Å². The largest absolute Gasteiger partial charge is 0.445 e. The third kappa shape index (κ3) is 5.65. The topological polar surface area (TPSA) is 182 Å². The average molecular weight is 506 g/mol. The number of ketones is 1. The first kappa shape index (κ1) is 25.8. The van der Waals surface area contributed by atoms with Gasteiger partial charge in [-0.3, -0.25) is 18.9 Å². The molecule has 0 bridgehead atoms. The van der Waals surface area contributed by atoms with Gasteiger partial charge in [-0.25, -0.2) is 4.79 Å². The number of amides is 2. The molecule has 2 aromatic carbocycles. The third-order valence-electron chi connectivity index (χ3n) is 5.19. The van der Waals surface area contributed by atoms with Gasteiger partial charge in [0.05, 0.1) is 6.04 Å². The van der Waals surface area contributed by atoms with Crippen molar-refractivity contribution in [2.24, 2.45) is 5.73 Å². The van der Waals surface area contributed by atoms with Crippen molar-refractivity contribution in [2.75, 3.05) is 0 Å². The Bertz CT molecular complexity index is 1220. The Morgan fingerprint density at radius 1 is 1.09 bits per heavy atom. The highest BCUT2D eigenvalue weighted by Gasteiger charge is 2.70. The predicted octanol–water partition coefficient (Wildman–Crippen LogP) is 0.325. The van der Waals surface area contributed by atoms with Gasteiger partial charge in [-0.05, 0) is 17.5 Å². The minimum Gasteiger partial charge on any atom is -0.445 e. The van der Waals surface area contributed by atoms with E-state index in [0.29, 0.717) is 11.1 Å². The molecule has 0 unspecified atom stereocenters. The maximum atomic E-state index is 13.4. The van der Waals surface area contributed by atoms with E-state index < -0.39 is 51.9 Å². The third-order valence-corrected chi connectivity index (χ3v) is 6.05. The first-order valence-electron chi connectivity index (χ1n) is 10.3. The second-order valence-corrected chi connectivity index (χ2v) is 9.01. The molecule has 35 heavy (non-hydrogen) atoms. The number of ether oxygens (including phenoxy) is 2. The van der Waals surface area contributed by atoms with Gasteiger partial charge in [-0.15, -0.1) is 0 Å². The number of hydrogen-bond donors (Lipinski definition) is 3. The van der Waals surface area contributed by atoms with Crippen LogP contribution in [0.2, 0.25) is 0 Å². The summed E-state index contributed by atoms with van der Waals surface area (Å²) in [6.45, 7) is 0.786. The summed E-state index contributed by atoms with van der Waals surface area (Å²) in [5.74, 6) is -3.73. The van der Waals surface area contributed by atoms with Gasteiger partial charge in [0.1, 0.15) is 6.61 Å². The molecule has 4 N–H and O–H groups in total. The first-order chi connectivity index (χ1) is 16.4. The van der Waals surface area contributed by atoms with Crippen LogP contribution in [0.5, 0.6) is 0 Å². The molecule has 1 saturated heterocycles. The summed E-state index contributed by atoms with van der Waals surface area (Å²) < 4.78 is 42.2. The number of hydrogen-bond acceptors (Lipinski definition) is 9. The lowest BCUT2D eigenvalue weighted by atomic mass is 9.80. The first-order valence-corrected chi connectivity index (χ1v) is 11.7. The molecule has 1 fully saturated rings. The van der Waals surface area contributed by atoms with Crippen molar-refractivity contribution in [1.82, 2.24) is 9.62 Å². The summed E-state index contributed by atoms with van der Waals surface area (Å²) in [4.78, 5) is 50.0. The zero-order valence-electron chi connectivity index (χ0n) is 18.5. The normalized spacial score (nSPS) is 20.4. The fourth-order valence-electron chi connectivity index (χ4n) is 3.52. The monoisotopic (exact) mass is 505 g/mol. The van der Waals surface area contributed by atoms with E-state index in [2.05, 4.69) is 5.32 Å². The van der Waals surface area contributed by atoms with Gasteiger partial charge in [0, 0.05) is 6.92 Å². The highest BCUT2D eigenvalue weighted by Crippen LogP contribution is 2.34. The van der Waals surface area contributed by atoms with Gasteiger partial charge in [-0.2, -0.15) is 12.7 Å². The number of rotatable bonds is 9. The number of esters is 1. The van der Waals surface area contributed by atoms with E-state index in [9.17, 15) is 32.1 Å². The summed E-state index contributed by atoms with van der Waals surface area (Å²) in [7, 11) is -5.20. The molecule has 186 valence electrons. The molecule has 2 amide bonds. The standard InChI is InChI=1S/C22H23N3O9S/c1-14(26)34-20-22(23,19(28)25(20)35(30,31)32)18(27)17(12-15-8-4-2-5-9-15)24-21(29)33-13-16-10-6-3-7-11-16/h2-11,17,20H,12-13,23H2,1H3,(H,24,29)(H,30,31,32)/t17-,20-,22+/m0/s1. The van der Waals surface area contributed by atoms with Gasteiger partial charge >= 0.3 is 22.4 Å². The second kappa shape index (κ2) is 10.2. The zero-order chi connectivity index (χ0) is 25.8. The number of carbonyl (C=O) groups excluding carboxylic acids is 4. The molecule has 0 aromatic heterocycles. The number of alkyl carbamates (subject to hydrolysis) is 1. The van der Waals surface area contributed by atoms with Crippen LogP contribution in [0.3, 0.4) is 0 Å². The van der Waals surface area contributed by atoms with E-state index >= 15 is 0 Å². The van der Waals surface area contributed by atoms with Crippen molar-refractivity contribution >= 4 is 34.1 Å². The summed E-state index contributed by atoms with van der Waals surface area (Å²) in [6.07, 6.45) is -3.30.